The van der Waals surface area contributed by atoms with E-state index in [1.807, 2.05) is 29.2 Å². The molecule has 0 radical (unpaired) electrons. The number of benzene rings is 2. The Kier molecular flexibility index (Phi) is 7.38. The van der Waals surface area contributed by atoms with Crippen LogP contribution in [-0.4, -0.2) is 54.7 Å². The summed E-state index contributed by atoms with van der Waals surface area (Å²) in [4.78, 5) is 27.0. The first kappa shape index (κ1) is 26.4. The number of carbonyl (C=O) groups excluding carboxylic acids is 2. The number of nitrogens with one attached hydrogen (secondary N) is 1. The van der Waals surface area contributed by atoms with E-state index in [-0.39, 0.29) is 24.4 Å². The summed E-state index contributed by atoms with van der Waals surface area (Å²) in [5.41, 5.74) is 1.44. The molecule has 0 saturated carbocycles. The topological polar surface area (TPSA) is 61.9 Å². The van der Waals surface area contributed by atoms with Crippen LogP contribution in [0.2, 0.25) is 0 Å². The zero-order chi connectivity index (χ0) is 26.0. The molecule has 0 aliphatic carbocycles. The van der Waals surface area contributed by atoms with Crippen LogP contribution in [0.1, 0.15) is 40.2 Å². The lowest BCUT2D eigenvalue weighted by Gasteiger charge is -2.36. The Balaban J connectivity index is 1.56. The van der Waals surface area contributed by atoms with E-state index in [2.05, 4.69) is 26.1 Å². The molecule has 9 heteroatoms. The van der Waals surface area contributed by atoms with Crippen LogP contribution in [0.4, 0.5) is 24.5 Å². The minimum atomic E-state index is -4.85. The molecule has 1 aliphatic rings. The maximum atomic E-state index is 12.9. The van der Waals surface area contributed by atoms with Crippen molar-refractivity contribution in [3.05, 3.63) is 54.1 Å². The van der Waals surface area contributed by atoms with Gasteiger partial charge in [0.25, 0.3) is 5.91 Å². The molecular formula is C26H32F3N3O3. The van der Waals surface area contributed by atoms with Gasteiger partial charge in [-0.15, -0.1) is 0 Å². The predicted octanol–water partition coefficient (Wildman–Crippen LogP) is 4.99. The van der Waals surface area contributed by atoms with E-state index in [9.17, 15) is 22.8 Å². The molecule has 1 N–H and O–H groups in total. The first-order valence-corrected chi connectivity index (χ1v) is 11.5. The fraction of sp³-hybridized carbons (Fsp3) is 0.462. The summed E-state index contributed by atoms with van der Waals surface area (Å²) in [6.07, 6.45) is -4.85. The average molecular weight is 492 g/mol. The molecule has 0 aromatic heterocycles. The van der Waals surface area contributed by atoms with Gasteiger partial charge in [0.2, 0.25) is 0 Å². The van der Waals surface area contributed by atoms with Crippen molar-refractivity contribution in [2.24, 2.45) is 0 Å². The molecule has 1 saturated heterocycles. The first-order valence-electron chi connectivity index (χ1n) is 11.5. The van der Waals surface area contributed by atoms with E-state index in [1.54, 1.807) is 38.1 Å². The number of anilines is 2. The van der Waals surface area contributed by atoms with E-state index in [0.717, 1.165) is 10.6 Å². The largest absolute Gasteiger partial charge is 0.478 e. The lowest BCUT2D eigenvalue weighted by atomic mass is 9.87. The Morgan fingerprint density at radius 1 is 0.829 bits per heavy atom. The van der Waals surface area contributed by atoms with E-state index in [1.165, 1.54) is 5.56 Å². The second kappa shape index (κ2) is 9.79. The molecule has 0 spiro atoms. The predicted molar refractivity (Wildman–Crippen MR) is 130 cm³/mol. The van der Waals surface area contributed by atoms with E-state index < -0.39 is 17.7 Å². The Bertz CT molecular complexity index is 1030. The fourth-order valence-corrected chi connectivity index (χ4v) is 3.75. The smallest absolute Gasteiger partial charge is 0.471 e. The number of amides is 2. The molecule has 3 rings (SSSR count). The van der Waals surface area contributed by atoms with Gasteiger partial charge in [-0.05, 0) is 61.2 Å². The number of halogens is 3. The van der Waals surface area contributed by atoms with Gasteiger partial charge in [-0.3, -0.25) is 9.59 Å². The Hall–Kier alpha value is -3.23. The zero-order valence-electron chi connectivity index (χ0n) is 20.7. The van der Waals surface area contributed by atoms with Gasteiger partial charge in [-0.1, -0.05) is 32.9 Å². The average Bonchev–Trinajstić information content (AvgIpc) is 2.78. The Labute approximate surface area is 204 Å². The van der Waals surface area contributed by atoms with Crippen LogP contribution in [0, 0.1) is 0 Å². The van der Waals surface area contributed by atoms with Crippen molar-refractivity contribution in [1.82, 2.24) is 4.90 Å². The molecule has 0 atom stereocenters. The summed E-state index contributed by atoms with van der Waals surface area (Å²) >= 11 is 0. The van der Waals surface area contributed by atoms with Gasteiger partial charge in [-0.25, -0.2) is 0 Å². The molecular weight excluding hydrogens is 459 g/mol. The van der Waals surface area contributed by atoms with E-state index >= 15 is 0 Å². The van der Waals surface area contributed by atoms with Crippen LogP contribution in [0.25, 0.3) is 0 Å². The summed E-state index contributed by atoms with van der Waals surface area (Å²) in [5, 5.41) is 2.85. The van der Waals surface area contributed by atoms with Crippen molar-refractivity contribution in [2.45, 2.75) is 51.8 Å². The summed E-state index contributed by atoms with van der Waals surface area (Å²) in [6, 6.07) is 14.7. The monoisotopic (exact) mass is 491 g/mol. The van der Waals surface area contributed by atoms with Crippen LogP contribution in [0.5, 0.6) is 5.75 Å². The quantitative estimate of drug-likeness (QED) is 0.640. The van der Waals surface area contributed by atoms with Crippen LogP contribution in [0.15, 0.2) is 48.5 Å². The van der Waals surface area contributed by atoms with Crippen LogP contribution in [0.3, 0.4) is 0 Å². The van der Waals surface area contributed by atoms with E-state index in [0.29, 0.717) is 24.5 Å². The minimum absolute atomic E-state index is 0.000902. The third-order valence-corrected chi connectivity index (χ3v) is 5.94. The van der Waals surface area contributed by atoms with Gasteiger partial charge in [-0.2, -0.15) is 13.2 Å². The van der Waals surface area contributed by atoms with Crippen LogP contribution >= 0.6 is 0 Å². The van der Waals surface area contributed by atoms with Crippen molar-refractivity contribution in [2.75, 3.05) is 36.4 Å². The molecule has 190 valence electrons. The van der Waals surface area contributed by atoms with Crippen molar-refractivity contribution in [1.29, 1.82) is 0 Å². The summed E-state index contributed by atoms with van der Waals surface area (Å²) in [5.74, 6) is -1.52. The van der Waals surface area contributed by atoms with E-state index in [4.69, 9.17) is 4.74 Å². The standard InChI is InChI=1S/C26H32F3N3O3/c1-24(2,3)18-6-12-21(13-7-18)35-25(4,5)22(33)30-19-8-10-20(11-9-19)31-14-16-32(17-15-31)23(34)26(27,28)29/h6-13H,14-17H2,1-5H3,(H,30,33). The zero-order valence-corrected chi connectivity index (χ0v) is 20.7. The highest BCUT2D eigenvalue weighted by Crippen LogP contribution is 2.27. The second-order valence-electron chi connectivity index (χ2n) is 10.2. The first-order chi connectivity index (χ1) is 16.2. The highest BCUT2D eigenvalue weighted by molar-refractivity contribution is 5.97. The minimum Gasteiger partial charge on any atom is -0.478 e. The summed E-state index contributed by atoms with van der Waals surface area (Å²) in [7, 11) is 0. The maximum absolute atomic E-state index is 12.9. The molecule has 1 fully saturated rings. The fourth-order valence-electron chi connectivity index (χ4n) is 3.75. The number of hydrogen-bond donors (Lipinski definition) is 1. The van der Waals surface area contributed by atoms with Gasteiger partial charge in [0.1, 0.15) is 5.75 Å². The van der Waals surface area contributed by atoms with Gasteiger partial charge >= 0.3 is 12.1 Å². The normalized spacial score (nSPS) is 15.1. The molecule has 6 nitrogen and oxygen atoms in total. The lowest BCUT2D eigenvalue weighted by Crippen LogP contribution is -2.52. The summed E-state index contributed by atoms with van der Waals surface area (Å²) < 4.78 is 43.8. The number of rotatable bonds is 5. The molecule has 0 unspecified atom stereocenters. The number of ether oxygens (including phenoxy) is 1. The van der Waals surface area contributed by atoms with Crippen molar-refractivity contribution in [3.8, 4) is 5.75 Å². The number of piperazine rings is 1. The molecule has 2 amide bonds. The third kappa shape index (κ3) is 6.68. The van der Waals surface area contributed by atoms with Crippen molar-refractivity contribution < 1.29 is 27.5 Å². The molecule has 2 aromatic rings. The number of nitrogens with zero attached hydrogens (tertiary/aromatic N) is 2. The second-order valence-corrected chi connectivity index (χ2v) is 10.2. The summed E-state index contributed by atoms with van der Waals surface area (Å²) in [6.45, 7) is 10.3. The SMILES string of the molecule is CC(C)(Oc1ccc(C(C)(C)C)cc1)C(=O)Nc1ccc(N2CCN(C(=O)C(F)(F)F)CC2)cc1. The van der Waals surface area contributed by atoms with Gasteiger partial charge in [0, 0.05) is 37.6 Å². The highest BCUT2D eigenvalue weighted by atomic mass is 19.4. The van der Waals surface area contributed by atoms with Crippen molar-refractivity contribution in [3.63, 3.8) is 0 Å². The molecule has 1 heterocycles. The Morgan fingerprint density at radius 2 is 1.37 bits per heavy atom. The van der Waals surface area contributed by atoms with Crippen molar-refractivity contribution >= 4 is 23.2 Å². The van der Waals surface area contributed by atoms with Gasteiger partial charge < -0.3 is 19.9 Å². The number of alkyl halides is 3. The lowest BCUT2D eigenvalue weighted by molar-refractivity contribution is -0.185. The van der Waals surface area contributed by atoms with Gasteiger partial charge in [0.05, 0.1) is 0 Å². The molecule has 0 bridgehead atoms. The molecule has 35 heavy (non-hydrogen) atoms. The van der Waals surface area contributed by atoms with Crippen LogP contribution in [-0.2, 0) is 15.0 Å². The number of carbonyl (C=O) groups is 2. The third-order valence-electron chi connectivity index (χ3n) is 5.94. The van der Waals surface area contributed by atoms with Gasteiger partial charge in [0.15, 0.2) is 5.60 Å². The molecule has 2 aromatic carbocycles. The highest BCUT2D eigenvalue weighted by Gasteiger charge is 2.43. The number of hydrogen-bond acceptors (Lipinski definition) is 4. The molecule has 1 aliphatic heterocycles. The maximum Gasteiger partial charge on any atom is 0.471 e. The van der Waals surface area contributed by atoms with Crippen LogP contribution < -0.4 is 15.0 Å². The Morgan fingerprint density at radius 3 is 1.86 bits per heavy atom.